The van der Waals surface area contributed by atoms with Gasteiger partial charge in [-0.15, -0.1) is 0 Å². The lowest BCUT2D eigenvalue weighted by Gasteiger charge is -2.38. The lowest BCUT2D eigenvalue weighted by Crippen LogP contribution is -2.40. The highest BCUT2D eigenvalue weighted by molar-refractivity contribution is 9.10. The minimum atomic E-state index is -0.181. The predicted octanol–water partition coefficient (Wildman–Crippen LogP) is 6.13. The molecule has 3 aromatic rings. The summed E-state index contributed by atoms with van der Waals surface area (Å²) in [5, 5.41) is 2.26. The Labute approximate surface area is 178 Å². The lowest BCUT2D eigenvalue weighted by atomic mass is 9.76. The van der Waals surface area contributed by atoms with Crippen molar-refractivity contribution >= 4 is 44.1 Å². The summed E-state index contributed by atoms with van der Waals surface area (Å²) in [6.45, 7) is 0. The van der Waals surface area contributed by atoms with Crippen LogP contribution in [0.2, 0.25) is 0 Å². The Balaban J connectivity index is 1.71. The van der Waals surface area contributed by atoms with Gasteiger partial charge in [0.15, 0.2) is 5.78 Å². The number of hydrogen-bond acceptors (Lipinski definition) is 2. The number of amides is 1. The van der Waals surface area contributed by atoms with E-state index in [1.165, 1.54) is 0 Å². The van der Waals surface area contributed by atoms with Crippen LogP contribution in [0.3, 0.4) is 0 Å². The summed E-state index contributed by atoms with van der Waals surface area (Å²) in [6.07, 6.45) is 2.41. The first-order chi connectivity index (χ1) is 14.1. The van der Waals surface area contributed by atoms with E-state index in [4.69, 9.17) is 0 Å². The molecule has 3 aromatic carbocycles. The smallest absolute Gasteiger partial charge is 0.232 e. The van der Waals surface area contributed by atoms with Gasteiger partial charge in [-0.3, -0.25) is 14.5 Å². The average molecular weight is 446 g/mol. The van der Waals surface area contributed by atoms with Crippen LogP contribution < -0.4 is 4.90 Å². The maximum atomic E-state index is 13.4. The molecule has 1 unspecified atom stereocenters. The van der Waals surface area contributed by atoms with Gasteiger partial charge in [-0.2, -0.15) is 0 Å². The van der Waals surface area contributed by atoms with Gasteiger partial charge in [0.1, 0.15) is 0 Å². The average Bonchev–Trinajstić information content (AvgIpc) is 2.73. The summed E-state index contributed by atoms with van der Waals surface area (Å²) < 4.78 is 0.920. The first-order valence-corrected chi connectivity index (χ1v) is 10.8. The molecule has 0 saturated carbocycles. The Morgan fingerprint density at radius 3 is 2.55 bits per heavy atom. The molecule has 0 N–H and O–H groups in total. The second kappa shape index (κ2) is 7.27. The summed E-state index contributed by atoms with van der Waals surface area (Å²) in [6, 6.07) is 22.1. The largest absolute Gasteiger partial charge is 0.294 e. The molecule has 1 aliphatic carbocycles. The number of anilines is 1. The number of carbonyl (C=O) groups excluding carboxylic acids is 2. The highest BCUT2D eigenvalue weighted by Crippen LogP contribution is 2.45. The van der Waals surface area contributed by atoms with Crippen LogP contribution in [0.5, 0.6) is 0 Å². The molecule has 0 bridgehead atoms. The van der Waals surface area contributed by atoms with Gasteiger partial charge in [0.2, 0.25) is 5.91 Å². The second-order valence-corrected chi connectivity index (χ2v) is 8.59. The van der Waals surface area contributed by atoms with Crippen LogP contribution in [0.15, 0.2) is 82.5 Å². The zero-order valence-corrected chi connectivity index (χ0v) is 17.5. The molecule has 29 heavy (non-hydrogen) atoms. The highest BCUT2D eigenvalue weighted by Gasteiger charge is 2.40. The Morgan fingerprint density at radius 2 is 1.69 bits per heavy atom. The molecule has 0 aromatic heterocycles. The normalized spacial score (nSPS) is 19.6. The predicted molar refractivity (Wildman–Crippen MR) is 119 cm³/mol. The van der Waals surface area contributed by atoms with Gasteiger partial charge in [0.25, 0.3) is 0 Å². The summed E-state index contributed by atoms with van der Waals surface area (Å²) in [5.41, 5.74) is 3.61. The first kappa shape index (κ1) is 18.3. The van der Waals surface area contributed by atoms with Crippen LogP contribution in [-0.4, -0.2) is 11.7 Å². The third kappa shape index (κ3) is 3.12. The SMILES string of the molecule is O=C1CCCC2=C1C(c1cccc3ccccc13)CC(=O)N2c1cccc(Br)c1. The van der Waals surface area contributed by atoms with E-state index in [0.29, 0.717) is 12.8 Å². The van der Waals surface area contributed by atoms with Crippen molar-refractivity contribution in [2.75, 3.05) is 4.90 Å². The van der Waals surface area contributed by atoms with Crippen molar-refractivity contribution in [1.82, 2.24) is 0 Å². The number of ketones is 1. The van der Waals surface area contributed by atoms with Gasteiger partial charge >= 0.3 is 0 Å². The van der Waals surface area contributed by atoms with E-state index in [-0.39, 0.29) is 17.6 Å². The van der Waals surface area contributed by atoms with Gasteiger partial charge in [-0.25, -0.2) is 0 Å². The van der Waals surface area contributed by atoms with Crippen LogP contribution >= 0.6 is 15.9 Å². The maximum absolute atomic E-state index is 13.4. The van der Waals surface area contributed by atoms with Gasteiger partial charge in [0, 0.05) is 40.2 Å². The summed E-state index contributed by atoms with van der Waals surface area (Å²) >= 11 is 3.50. The molecule has 1 atom stereocenters. The Morgan fingerprint density at radius 1 is 0.897 bits per heavy atom. The lowest BCUT2D eigenvalue weighted by molar-refractivity contribution is -0.119. The Bertz CT molecular complexity index is 1170. The van der Waals surface area contributed by atoms with Gasteiger partial charge in [-0.1, -0.05) is 64.5 Å². The number of fused-ring (bicyclic) bond motifs is 1. The summed E-state index contributed by atoms with van der Waals surface area (Å²) in [5.74, 6) is 0.0472. The van der Waals surface area contributed by atoms with Crippen molar-refractivity contribution in [1.29, 1.82) is 0 Å². The minimum Gasteiger partial charge on any atom is -0.294 e. The third-order valence-corrected chi connectivity index (χ3v) is 6.43. The number of allylic oxidation sites excluding steroid dienone is 2. The number of Topliss-reactive ketones (excluding diaryl/α,β-unsaturated/α-hetero) is 1. The molecule has 3 nitrogen and oxygen atoms in total. The fourth-order valence-corrected chi connectivity index (χ4v) is 5.11. The van der Waals surface area contributed by atoms with Gasteiger partial charge < -0.3 is 0 Å². The number of hydrogen-bond donors (Lipinski definition) is 0. The maximum Gasteiger partial charge on any atom is 0.232 e. The Kier molecular flexibility index (Phi) is 4.59. The van der Waals surface area contributed by atoms with E-state index in [9.17, 15) is 9.59 Å². The van der Waals surface area contributed by atoms with Crippen molar-refractivity contribution in [2.45, 2.75) is 31.6 Å². The van der Waals surface area contributed by atoms with E-state index < -0.39 is 0 Å². The van der Waals surface area contributed by atoms with Crippen LogP contribution in [0.1, 0.15) is 37.2 Å². The van der Waals surface area contributed by atoms with E-state index in [1.54, 1.807) is 4.90 Å². The molecule has 0 spiro atoms. The molecule has 0 saturated heterocycles. The quantitative estimate of drug-likeness (QED) is 0.475. The molecule has 144 valence electrons. The third-order valence-electron chi connectivity index (χ3n) is 5.94. The zero-order chi connectivity index (χ0) is 20.0. The van der Waals surface area contributed by atoms with Crippen molar-refractivity contribution < 1.29 is 9.59 Å². The van der Waals surface area contributed by atoms with E-state index in [2.05, 4.69) is 40.2 Å². The molecule has 1 aliphatic heterocycles. The van der Waals surface area contributed by atoms with E-state index in [1.807, 2.05) is 42.5 Å². The number of nitrogens with zero attached hydrogens (tertiary/aromatic N) is 1. The zero-order valence-electron chi connectivity index (χ0n) is 15.9. The van der Waals surface area contributed by atoms with Crippen molar-refractivity contribution in [3.8, 4) is 0 Å². The summed E-state index contributed by atoms with van der Waals surface area (Å²) in [4.78, 5) is 28.2. The molecule has 5 rings (SSSR count). The molecule has 0 radical (unpaired) electrons. The summed E-state index contributed by atoms with van der Waals surface area (Å²) in [7, 11) is 0. The number of benzene rings is 3. The molecule has 1 amide bonds. The van der Waals surface area contributed by atoms with Crippen molar-refractivity contribution in [3.05, 3.63) is 88.0 Å². The van der Waals surface area contributed by atoms with Crippen LogP contribution in [0, 0.1) is 0 Å². The van der Waals surface area contributed by atoms with Gasteiger partial charge in [-0.05, 0) is 47.4 Å². The molecular formula is C25H20BrNO2. The molecular weight excluding hydrogens is 426 g/mol. The van der Waals surface area contributed by atoms with Crippen LogP contribution in [0.4, 0.5) is 5.69 Å². The van der Waals surface area contributed by atoms with Crippen LogP contribution in [-0.2, 0) is 9.59 Å². The van der Waals surface area contributed by atoms with Gasteiger partial charge in [0.05, 0.1) is 0 Å². The van der Waals surface area contributed by atoms with Crippen molar-refractivity contribution in [3.63, 3.8) is 0 Å². The molecule has 0 fully saturated rings. The van der Waals surface area contributed by atoms with E-state index in [0.717, 1.165) is 50.6 Å². The Hall–Kier alpha value is -2.72. The molecule has 2 aliphatic rings. The van der Waals surface area contributed by atoms with Crippen LogP contribution in [0.25, 0.3) is 10.8 Å². The fraction of sp³-hybridized carbons (Fsp3) is 0.200. The topological polar surface area (TPSA) is 37.4 Å². The number of rotatable bonds is 2. The minimum absolute atomic E-state index is 0.0504. The molecule has 1 heterocycles. The molecule has 4 heteroatoms. The highest BCUT2D eigenvalue weighted by atomic mass is 79.9. The standard InChI is InChI=1S/C25H20BrNO2/c26-17-8-4-9-18(14-17)27-22-12-5-13-23(28)25(22)21(15-24(27)29)20-11-3-7-16-6-1-2-10-19(16)20/h1-4,6-11,14,21H,5,12-13,15H2. The van der Waals surface area contributed by atoms with E-state index >= 15 is 0 Å². The fourth-order valence-electron chi connectivity index (χ4n) is 4.73. The van der Waals surface area contributed by atoms with Crippen molar-refractivity contribution in [2.24, 2.45) is 0 Å². The second-order valence-electron chi connectivity index (χ2n) is 7.67. The monoisotopic (exact) mass is 445 g/mol. The number of halogens is 1. The number of carbonyl (C=O) groups is 2. The first-order valence-electron chi connectivity index (χ1n) is 9.96.